The number of hydrogen-bond donors (Lipinski definition) is 1. The third-order valence-corrected chi connectivity index (χ3v) is 9.08. The molecule has 3 heteroatoms. The summed E-state index contributed by atoms with van der Waals surface area (Å²) in [6.07, 6.45) is 2.78. The third kappa shape index (κ3) is 9.19. The molecule has 0 spiro atoms. The third-order valence-electron chi connectivity index (χ3n) is 1.27. The van der Waals surface area contributed by atoms with Gasteiger partial charge in [0.25, 0.3) is 0 Å². The predicted molar refractivity (Wildman–Crippen MR) is 43.1 cm³/mol. The van der Waals surface area contributed by atoms with Crippen LogP contribution in [0, 0.1) is 0 Å². The van der Waals surface area contributed by atoms with E-state index in [0.717, 1.165) is 3.43 Å². The van der Waals surface area contributed by atoms with Gasteiger partial charge in [0.1, 0.15) is 0 Å². The van der Waals surface area contributed by atoms with E-state index in [0.29, 0.717) is 0 Å². The molecule has 0 amide bonds. The fourth-order valence-corrected chi connectivity index (χ4v) is 0.625. The van der Waals surface area contributed by atoms with Crippen LogP contribution in [0.3, 0.4) is 0 Å². The summed E-state index contributed by atoms with van der Waals surface area (Å²) in [6, 6.07) is 0. The zero-order valence-electron chi connectivity index (χ0n) is 6.99. The van der Waals surface area contributed by atoms with Gasteiger partial charge in [0.05, 0.1) is 0 Å². The average Bonchev–Trinajstić information content (AvgIpc) is 2.43. The van der Waals surface area contributed by atoms with Crippen LogP contribution in [-0.4, -0.2) is 13.1 Å². The Hall–Kier alpha value is 1.19. The van der Waals surface area contributed by atoms with Gasteiger partial charge < -0.3 is 5.32 Å². The van der Waals surface area contributed by atoms with Crippen LogP contribution >= 0.6 is 8.25 Å². The Morgan fingerprint density at radius 1 is 1.30 bits per heavy atom. The van der Waals surface area contributed by atoms with Crippen molar-refractivity contribution in [1.82, 2.24) is 5.32 Å². The molecule has 10 heavy (non-hydrogen) atoms. The van der Waals surface area contributed by atoms with E-state index < -0.39 is 23.3 Å². The first-order chi connectivity index (χ1) is 4.77. The van der Waals surface area contributed by atoms with Crippen molar-refractivity contribution in [2.24, 2.45) is 0 Å². The maximum atomic E-state index is 5.56. The summed E-state index contributed by atoms with van der Waals surface area (Å²) in [5.41, 5.74) is 0. The summed E-state index contributed by atoms with van der Waals surface area (Å²) < 4.78 is 0.872. The van der Waals surface area contributed by atoms with E-state index in [1.807, 2.05) is 0 Å². The molecule has 1 rings (SSSR count). The topological polar surface area (TPSA) is 12.0 Å². The first-order valence-corrected chi connectivity index (χ1v) is 14.0. The fraction of sp³-hybridized carbons (Fsp3) is 1.00. The Bertz CT molecular complexity index is 57.0. The van der Waals surface area contributed by atoms with E-state index in [1.165, 1.54) is 25.9 Å². The van der Waals surface area contributed by atoms with Gasteiger partial charge in [-0.1, -0.05) is 0 Å². The number of rotatable bonds is 1. The molecule has 1 heterocycles. The van der Waals surface area contributed by atoms with Gasteiger partial charge in [-0.3, -0.25) is 0 Å². The summed E-state index contributed by atoms with van der Waals surface area (Å²) in [7, 11) is 5.56. The van der Waals surface area contributed by atoms with Gasteiger partial charge in [-0.05, 0) is 25.9 Å². The first kappa shape index (κ1) is 11.2. The molecule has 0 aromatic heterocycles. The SMILES string of the molecule is C1CCNC1.C[CH](C)[Hg][Cl]. The zero-order chi connectivity index (χ0) is 7.82. The molecule has 0 aromatic carbocycles. The summed E-state index contributed by atoms with van der Waals surface area (Å²) >= 11 is -0.753. The molecule has 0 radical (unpaired) electrons. The second-order valence-electron chi connectivity index (χ2n) is 3.01. The number of nitrogens with one attached hydrogen (secondary N) is 1. The molecular weight excluding hydrogens is 334 g/mol. The van der Waals surface area contributed by atoms with Crippen LogP contribution in [0.5, 0.6) is 0 Å². The molecule has 1 saturated heterocycles. The van der Waals surface area contributed by atoms with Crippen molar-refractivity contribution in [1.29, 1.82) is 0 Å². The Morgan fingerprint density at radius 2 is 1.70 bits per heavy atom. The van der Waals surface area contributed by atoms with Crippen molar-refractivity contribution in [2.45, 2.75) is 30.1 Å². The molecule has 1 nitrogen and oxygen atoms in total. The van der Waals surface area contributed by atoms with E-state index in [-0.39, 0.29) is 0 Å². The van der Waals surface area contributed by atoms with Crippen LogP contribution in [0.25, 0.3) is 0 Å². The Balaban J connectivity index is 0.000000162. The van der Waals surface area contributed by atoms with Gasteiger partial charge in [0.15, 0.2) is 0 Å². The minimum atomic E-state index is -0.753. The summed E-state index contributed by atoms with van der Waals surface area (Å²) in [5, 5.41) is 3.22. The van der Waals surface area contributed by atoms with Crippen molar-refractivity contribution >= 4 is 8.25 Å². The van der Waals surface area contributed by atoms with Crippen molar-refractivity contribution < 1.29 is 23.3 Å². The van der Waals surface area contributed by atoms with Crippen LogP contribution in [0.15, 0.2) is 0 Å². The zero-order valence-corrected chi connectivity index (χ0v) is 13.2. The van der Waals surface area contributed by atoms with Gasteiger partial charge in [-0.2, -0.15) is 0 Å². The Morgan fingerprint density at radius 3 is 1.80 bits per heavy atom. The monoisotopic (exact) mass is 351 g/mol. The fourth-order valence-electron chi connectivity index (χ4n) is 0.625. The molecule has 1 aliphatic heterocycles. The van der Waals surface area contributed by atoms with Crippen LogP contribution in [0.2, 0.25) is 3.43 Å². The summed E-state index contributed by atoms with van der Waals surface area (Å²) in [5.74, 6) is 0. The van der Waals surface area contributed by atoms with Crippen molar-refractivity contribution in [3.8, 4) is 0 Å². The molecule has 0 bridgehead atoms. The molecule has 1 aliphatic rings. The molecule has 58 valence electrons. The maximum absolute atomic E-state index is 5.56. The minimum absolute atomic E-state index is 0.753. The van der Waals surface area contributed by atoms with Gasteiger partial charge in [0, 0.05) is 0 Å². The number of halogens is 1. The predicted octanol–water partition coefficient (Wildman–Crippen LogP) is 2.42. The molecule has 0 aromatic rings. The molecule has 0 saturated carbocycles. The molecule has 0 aliphatic carbocycles. The van der Waals surface area contributed by atoms with E-state index >= 15 is 0 Å². The van der Waals surface area contributed by atoms with E-state index in [4.69, 9.17) is 8.25 Å². The molecule has 0 unspecified atom stereocenters. The van der Waals surface area contributed by atoms with E-state index in [1.54, 1.807) is 0 Å². The van der Waals surface area contributed by atoms with Crippen LogP contribution in [0.4, 0.5) is 0 Å². The van der Waals surface area contributed by atoms with Gasteiger partial charge in [-0.15, -0.1) is 0 Å². The molecular formula is C7H16ClHgN. The number of hydrogen-bond acceptors (Lipinski definition) is 1. The quantitative estimate of drug-likeness (QED) is 0.717. The Kier molecular flexibility index (Phi) is 9.26. The Labute approximate surface area is 79.8 Å². The van der Waals surface area contributed by atoms with Gasteiger partial charge in [-0.25, -0.2) is 0 Å². The van der Waals surface area contributed by atoms with E-state index in [9.17, 15) is 0 Å². The normalized spacial score (nSPS) is 16.0. The van der Waals surface area contributed by atoms with E-state index in [2.05, 4.69) is 19.2 Å². The first-order valence-electron chi connectivity index (χ1n) is 4.04. The van der Waals surface area contributed by atoms with Gasteiger partial charge in [0.2, 0.25) is 0 Å². The summed E-state index contributed by atoms with van der Waals surface area (Å²) in [6.45, 7) is 6.88. The average molecular weight is 350 g/mol. The van der Waals surface area contributed by atoms with Crippen LogP contribution in [0.1, 0.15) is 26.7 Å². The summed E-state index contributed by atoms with van der Waals surface area (Å²) in [4.78, 5) is 0. The van der Waals surface area contributed by atoms with Crippen molar-refractivity contribution in [2.75, 3.05) is 13.1 Å². The van der Waals surface area contributed by atoms with Crippen molar-refractivity contribution in [3.63, 3.8) is 0 Å². The van der Waals surface area contributed by atoms with Crippen LogP contribution < -0.4 is 5.32 Å². The van der Waals surface area contributed by atoms with Crippen molar-refractivity contribution in [3.05, 3.63) is 0 Å². The molecule has 1 N–H and O–H groups in total. The van der Waals surface area contributed by atoms with Crippen LogP contribution in [-0.2, 0) is 23.3 Å². The van der Waals surface area contributed by atoms with Gasteiger partial charge >= 0.3 is 48.9 Å². The second-order valence-corrected chi connectivity index (χ2v) is 13.3. The standard InChI is InChI=1S/C4H9N.C3H7.ClH.Hg/c1-2-4-5-3-1;1-3-2;;/h5H,1-4H2;3H,1-2H3;1H;/q;;;+1/p-1. The molecule has 1 fully saturated rings. The second kappa shape index (κ2) is 8.28. The molecule has 0 atom stereocenters.